The number of carboxylic acid groups (broad SMARTS) is 1. The fraction of sp³-hybridized carbons (Fsp3) is 0.238. The van der Waals surface area contributed by atoms with Crippen molar-refractivity contribution in [1.82, 2.24) is 0 Å². The van der Waals surface area contributed by atoms with Crippen molar-refractivity contribution in [1.29, 1.82) is 0 Å². The van der Waals surface area contributed by atoms with Gasteiger partial charge in [-0.2, -0.15) is 26.3 Å². The van der Waals surface area contributed by atoms with Crippen molar-refractivity contribution in [3.05, 3.63) is 64.2 Å². The summed E-state index contributed by atoms with van der Waals surface area (Å²) in [5.74, 6) is -1.77. The number of carboxylic acids is 1. The lowest BCUT2D eigenvalue weighted by molar-refractivity contribution is -0.162. The van der Waals surface area contributed by atoms with Crippen LogP contribution in [0.1, 0.15) is 45.5 Å². The minimum absolute atomic E-state index is 0.0791. The Morgan fingerprint density at radius 3 is 1.94 bits per heavy atom. The number of carbonyl (C=O) groups excluding carboxylic acids is 1. The van der Waals surface area contributed by atoms with E-state index in [1.807, 2.05) is 0 Å². The summed E-state index contributed by atoms with van der Waals surface area (Å²) >= 11 is 0. The summed E-state index contributed by atoms with van der Waals surface area (Å²) in [5.41, 5.74) is -3.62. The van der Waals surface area contributed by atoms with Crippen LogP contribution in [0.3, 0.4) is 0 Å². The van der Waals surface area contributed by atoms with Crippen LogP contribution in [0.25, 0.3) is 12.2 Å². The molecular formula is C21H15F6NO3. The Morgan fingerprint density at radius 1 is 0.871 bits per heavy atom. The average Bonchev–Trinajstić information content (AvgIpc) is 3.50. The number of hydrogen-bond acceptors (Lipinski definition) is 2. The second-order valence-corrected chi connectivity index (χ2v) is 7.01. The number of hydrogen-bond donors (Lipinski definition) is 2. The maximum atomic E-state index is 13.0. The molecule has 0 bridgehead atoms. The third-order valence-electron chi connectivity index (χ3n) is 4.60. The molecule has 1 amide bonds. The van der Waals surface area contributed by atoms with Gasteiger partial charge in [0.1, 0.15) is 0 Å². The molecule has 0 saturated heterocycles. The molecule has 0 aliphatic heterocycles. The molecule has 2 N–H and O–H groups in total. The van der Waals surface area contributed by atoms with E-state index in [9.17, 15) is 41.0 Å². The summed E-state index contributed by atoms with van der Waals surface area (Å²) in [6.07, 6.45) is -6.51. The van der Waals surface area contributed by atoms with Crippen molar-refractivity contribution in [3.63, 3.8) is 0 Å². The fourth-order valence-electron chi connectivity index (χ4n) is 2.87. The van der Waals surface area contributed by atoms with Gasteiger partial charge in [-0.15, -0.1) is 0 Å². The summed E-state index contributed by atoms with van der Waals surface area (Å²) in [6.45, 7) is 0. The Labute approximate surface area is 172 Å². The minimum Gasteiger partial charge on any atom is -0.478 e. The van der Waals surface area contributed by atoms with Crippen LogP contribution in [-0.2, 0) is 17.1 Å². The predicted molar refractivity (Wildman–Crippen MR) is 100 cm³/mol. The Morgan fingerprint density at radius 2 is 1.42 bits per heavy atom. The maximum Gasteiger partial charge on any atom is 0.417 e. The maximum absolute atomic E-state index is 13.0. The number of nitrogens with one attached hydrogen (secondary N) is 1. The van der Waals surface area contributed by atoms with Crippen molar-refractivity contribution >= 4 is 29.7 Å². The van der Waals surface area contributed by atoms with E-state index in [1.54, 1.807) is 0 Å². The number of rotatable bonds is 5. The van der Waals surface area contributed by atoms with Gasteiger partial charge in [-0.05, 0) is 48.2 Å². The highest BCUT2D eigenvalue weighted by atomic mass is 19.4. The van der Waals surface area contributed by atoms with E-state index >= 15 is 0 Å². The first-order valence-corrected chi connectivity index (χ1v) is 9.01. The number of amides is 1. The van der Waals surface area contributed by atoms with Crippen LogP contribution >= 0.6 is 0 Å². The molecule has 4 nitrogen and oxygen atoms in total. The summed E-state index contributed by atoms with van der Waals surface area (Å²) in [6, 6.07) is 5.59. The van der Waals surface area contributed by atoms with Gasteiger partial charge in [0.2, 0.25) is 5.91 Å². The highest BCUT2D eigenvalue weighted by Crippen LogP contribution is 2.40. The largest absolute Gasteiger partial charge is 0.478 e. The Bertz CT molecular complexity index is 1050. The Hall–Kier alpha value is -3.30. The van der Waals surface area contributed by atoms with Crippen LogP contribution in [0.5, 0.6) is 0 Å². The number of halogens is 6. The number of benzene rings is 2. The molecule has 1 saturated carbocycles. The number of anilines is 1. The van der Waals surface area contributed by atoms with E-state index in [4.69, 9.17) is 0 Å². The van der Waals surface area contributed by atoms with Crippen LogP contribution in [-0.4, -0.2) is 17.0 Å². The molecule has 3 rings (SSSR count). The zero-order valence-electron chi connectivity index (χ0n) is 15.6. The Balaban J connectivity index is 1.89. The minimum atomic E-state index is -5.20. The monoisotopic (exact) mass is 443 g/mol. The molecular weight excluding hydrogens is 428 g/mol. The zero-order chi connectivity index (χ0) is 23.0. The number of aromatic carboxylic acids is 1. The molecule has 31 heavy (non-hydrogen) atoms. The number of alkyl halides is 6. The molecule has 2 aromatic rings. The van der Waals surface area contributed by atoms with E-state index < -0.39 is 29.4 Å². The van der Waals surface area contributed by atoms with Crippen molar-refractivity contribution in [3.8, 4) is 0 Å². The van der Waals surface area contributed by atoms with Crippen LogP contribution in [0.4, 0.5) is 32.0 Å². The molecule has 1 aliphatic rings. The van der Waals surface area contributed by atoms with Crippen LogP contribution in [0, 0.1) is 5.92 Å². The average molecular weight is 443 g/mol. The normalized spacial score (nSPS) is 14.6. The molecule has 0 heterocycles. The summed E-state index contributed by atoms with van der Waals surface area (Å²) in [4.78, 5) is 23.4. The van der Waals surface area contributed by atoms with Crippen LogP contribution in [0.15, 0.2) is 36.4 Å². The lowest BCUT2D eigenvalue weighted by Gasteiger charge is -2.15. The molecule has 0 aromatic heterocycles. The Kier molecular flexibility index (Phi) is 5.84. The molecule has 10 heteroatoms. The van der Waals surface area contributed by atoms with Gasteiger partial charge in [0.15, 0.2) is 0 Å². The van der Waals surface area contributed by atoms with Crippen LogP contribution < -0.4 is 5.32 Å². The van der Waals surface area contributed by atoms with E-state index in [-0.39, 0.29) is 34.2 Å². The third-order valence-corrected chi connectivity index (χ3v) is 4.60. The first-order chi connectivity index (χ1) is 14.4. The zero-order valence-corrected chi connectivity index (χ0v) is 15.6. The second kappa shape index (κ2) is 8.09. The smallest absolute Gasteiger partial charge is 0.417 e. The summed E-state index contributed by atoms with van der Waals surface area (Å²) in [5, 5.41) is 11.9. The topological polar surface area (TPSA) is 66.4 Å². The van der Waals surface area contributed by atoms with Gasteiger partial charge < -0.3 is 10.4 Å². The highest BCUT2D eigenvalue weighted by molar-refractivity contribution is 6.02. The summed E-state index contributed by atoms with van der Waals surface area (Å²) < 4.78 is 77.7. The SMILES string of the molecule is O=C(O)c1cc(C=Cc2ccc(C(F)(F)F)c(C(F)(F)F)c2)ccc1NC(=O)C1CC1. The van der Waals surface area contributed by atoms with E-state index in [0.717, 1.165) is 25.0 Å². The molecule has 1 fully saturated rings. The van der Waals surface area contributed by atoms with Gasteiger partial charge >= 0.3 is 18.3 Å². The predicted octanol–water partition coefficient (Wildman–Crippen LogP) is 5.94. The highest BCUT2D eigenvalue weighted by Gasteiger charge is 2.42. The molecule has 0 unspecified atom stereocenters. The van der Waals surface area contributed by atoms with E-state index in [1.165, 1.54) is 24.3 Å². The van der Waals surface area contributed by atoms with Gasteiger partial charge in [-0.1, -0.05) is 24.3 Å². The van der Waals surface area contributed by atoms with Crippen molar-refractivity contribution < 1.29 is 41.0 Å². The second-order valence-electron chi connectivity index (χ2n) is 7.01. The van der Waals surface area contributed by atoms with Gasteiger partial charge in [-0.3, -0.25) is 4.79 Å². The lowest BCUT2D eigenvalue weighted by atomic mass is 10.0. The van der Waals surface area contributed by atoms with Gasteiger partial charge in [0, 0.05) is 5.92 Å². The van der Waals surface area contributed by atoms with E-state index in [0.29, 0.717) is 12.1 Å². The van der Waals surface area contributed by atoms with Crippen molar-refractivity contribution in [2.24, 2.45) is 5.92 Å². The van der Waals surface area contributed by atoms with Crippen LogP contribution in [0.2, 0.25) is 0 Å². The lowest BCUT2D eigenvalue weighted by Crippen LogP contribution is -2.16. The summed E-state index contributed by atoms with van der Waals surface area (Å²) in [7, 11) is 0. The first-order valence-electron chi connectivity index (χ1n) is 9.01. The van der Waals surface area contributed by atoms with E-state index in [2.05, 4.69) is 5.32 Å². The third kappa shape index (κ3) is 5.44. The molecule has 0 spiro atoms. The quantitative estimate of drug-likeness (QED) is 0.444. The van der Waals surface area contributed by atoms with Crippen molar-refractivity contribution in [2.75, 3.05) is 5.32 Å². The molecule has 0 radical (unpaired) electrons. The van der Waals surface area contributed by atoms with Crippen molar-refractivity contribution in [2.45, 2.75) is 25.2 Å². The molecule has 2 aromatic carbocycles. The first kappa shape index (κ1) is 22.4. The standard InChI is InChI=1S/C21H15F6NO3/c22-20(23,24)15-7-3-12(10-16(15)21(25,26)27)2-1-11-4-8-17(14(9-11)19(30)31)28-18(29)13-5-6-13/h1-4,7-10,13H,5-6H2,(H,28,29)(H,30,31). The molecule has 164 valence electrons. The fourth-order valence-corrected chi connectivity index (χ4v) is 2.87. The van der Waals surface area contributed by atoms with Gasteiger partial charge in [-0.25, -0.2) is 4.79 Å². The van der Waals surface area contributed by atoms with Gasteiger partial charge in [0.05, 0.1) is 22.4 Å². The number of carbonyl (C=O) groups is 2. The van der Waals surface area contributed by atoms with Gasteiger partial charge in [0.25, 0.3) is 0 Å². The molecule has 0 atom stereocenters. The molecule has 1 aliphatic carbocycles.